The molecule has 1 heterocycles. The number of thioether (sulfide) groups is 1. The molecular formula is C19H19BrN2O2S. The van der Waals surface area contributed by atoms with Crippen LogP contribution in [0.1, 0.15) is 22.3 Å². The van der Waals surface area contributed by atoms with Crippen LogP contribution in [0.25, 0.3) is 0 Å². The molecule has 2 N–H and O–H groups in total. The summed E-state index contributed by atoms with van der Waals surface area (Å²) in [5.74, 6) is 1.57. The number of aryl methyl sites for hydroxylation is 1. The van der Waals surface area contributed by atoms with Crippen LogP contribution in [0.2, 0.25) is 0 Å². The van der Waals surface area contributed by atoms with Gasteiger partial charge in [0.2, 0.25) is 0 Å². The molecule has 0 unspecified atom stereocenters. The van der Waals surface area contributed by atoms with Crippen LogP contribution >= 0.6 is 27.7 Å². The average Bonchev–Trinajstić information content (AvgIpc) is 2.94. The largest absolute Gasteiger partial charge is 0.497 e. The Kier molecular flexibility index (Phi) is 5.71. The minimum Gasteiger partial charge on any atom is -0.497 e. The van der Waals surface area contributed by atoms with E-state index in [9.17, 15) is 0 Å². The Bertz CT molecular complexity index is 849. The van der Waals surface area contributed by atoms with E-state index < -0.39 is 0 Å². The van der Waals surface area contributed by atoms with E-state index in [0.717, 1.165) is 26.6 Å². The van der Waals surface area contributed by atoms with Crippen LogP contribution < -0.4 is 10.5 Å². The summed E-state index contributed by atoms with van der Waals surface area (Å²) < 4.78 is 11.7. The normalized spacial score (nSPS) is 12.1. The Hall–Kier alpha value is -1.92. The highest BCUT2D eigenvalue weighted by Crippen LogP contribution is 2.42. The zero-order valence-corrected chi connectivity index (χ0v) is 16.4. The molecule has 130 valence electrons. The topological polar surface area (TPSA) is 61.3 Å². The van der Waals surface area contributed by atoms with Crippen molar-refractivity contribution in [3.63, 3.8) is 0 Å². The first kappa shape index (κ1) is 17.9. The van der Waals surface area contributed by atoms with Gasteiger partial charge in [0.05, 0.1) is 12.8 Å². The third-order valence-corrected chi connectivity index (χ3v) is 5.92. The lowest BCUT2D eigenvalue weighted by Crippen LogP contribution is -2.02. The van der Waals surface area contributed by atoms with Crippen molar-refractivity contribution in [1.82, 2.24) is 5.16 Å². The summed E-state index contributed by atoms with van der Waals surface area (Å²) in [4.78, 5) is 1.15. The number of ether oxygens (including phenoxy) is 1. The molecule has 6 heteroatoms. The number of hydrogen-bond acceptors (Lipinski definition) is 5. The minimum atomic E-state index is 0.138. The van der Waals surface area contributed by atoms with Gasteiger partial charge in [-0.3, -0.25) is 0 Å². The monoisotopic (exact) mass is 418 g/mol. The second-order valence-electron chi connectivity index (χ2n) is 5.61. The summed E-state index contributed by atoms with van der Waals surface area (Å²) in [7, 11) is 1.67. The number of methoxy groups -OCH3 is 1. The molecule has 3 rings (SSSR count). The molecule has 0 saturated heterocycles. The van der Waals surface area contributed by atoms with Gasteiger partial charge in [-0.05, 0) is 42.8 Å². The lowest BCUT2D eigenvalue weighted by molar-refractivity contribution is 0.379. The van der Waals surface area contributed by atoms with Gasteiger partial charge in [0, 0.05) is 21.0 Å². The maximum Gasteiger partial charge on any atom is 0.161 e. The van der Waals surface area contributed by atoms with Crippen LogP contribution in [0.5, 0.6) is 5.75 Å². The summed E-state index contributed by atoms with van der Waals surface area (Å²) in [5.41, 5.74) is 8.66. The van der Waals surface area contributed by atoms with Crippen molar-refractivity contribution in [3.05, 3.63) is 70.0 Å². The Morgan fingerprint density at radius 1 is 1.20 bits per heavy atom. The first-order chi connectivity index (χ1) is 12.1. The number of nitrogen functional groups attached to an aromatic ring is 1. The summed E-state index contributed by atoms with van der Waals surface area (Å²) >= 11 is 5.42. The van der Waals surface area contributed by atoms with Gasteiger partial charge < -0.3 is 15.0 Å². The van der Waals surface area contributed by atoms with E-state index in [-0.39, 0.29) is 5.25 Å². The van der Waals surface area contributed by atoms with Crippen molar-refractivity contribution in [3.8, 4) is 5.75 Å². The Balaban J connectivity index is 1.91. The lowest BCUT2D eigenvalue weighted by Gasteiger charge is -2.18. The highest BCUT2D eigenvalue weighted by atomic mass is 79.9. The van der Waals surface area contributed by atoms with E-state index in [1.807, 2.05) is 37.3 Å². The van der Waals surface area contributed by atoms with E-state index in [0.29, 0.717) is 12.1 Å². The molecule has 0 fully saturated rings. The number of anilines is 1. The zero-order chi connectivity index (χ0) is 17.8. The maximum absolute atomic E-state index is 6.10. The Labute approximate surface area is 159 Å². The van der Waals surface area contributed by atoms with Crippen molar-refractivity contribution in [1.29, 1.82) is 0 Å². The molecule has 25 heavy (non-hydrogen) atoms. The highest BCUT2D eigenvalue weighted by Gasteiger charge is 2.21. The number of hydrogen-bond donors (Lipinski definition) is 1. The number of halogens is 1. The third kappa shape index (κ3) is 4.19. The summed E-state index contributed by atoms with van der Waals surface area (Å²) in [6.07, 6.45) is 0.659. The van der Waals surface area contributed by atoms with Gasteiger partial charge in [0.1, 0.15) is 11.4 Å². The molecule has 0 spiro atoms. The first-order valence-electron chi connectivity index (χ1n) is 7.84. The van der Waals surface area contributed by atoms with Gasteiger partial charge in [0.25, 0.3) is 0 Å². The van der Waals surface area contributed by atoms with Crippen LogP contribution in [0.15, 0.2) is 62.4 Å². The summed E-state index contributed by atoms with van der Waals surface area (Å²) in [5, 5.41) is 4.12. The zero-order valence-electron chi connectivity index (χ0n) is 14.0. The Morgan fingerprint density at radius 3 is 2.52 bits per heavy atom. The van der Waals surface area contributed by atoms with Gasteiger partial charge >= 0.3 is 0 Å². The molecule has 3 aromatic rings. The quantitative estimate of drug-likeness (QED) is 0.541. The van der Waals surface area contributed by atoms with E-state index in [1.165, 1.54) is 5.56 Å². The van der Waals surface area contributed by atoms with Crippen LogP contribution in [-0.4, -0.2) is 12.3 Å². The van der Waals surface area contributed by atoms with E-state index in [2.05, 4.69) is 39.3 Å². The molecule has 0 amide bonds. The van der Waals surface area contributed by atoms with Crippen molar-refractivity contribution in [2.24, 2.45) is 0 Å². The molecule has 0 radical (unpaired) electrons. The number of benzene rings is 2. The standard InChI is InChI=1S/C19H19BrN2O2S/c1-12-19(21)17(24-22-12)11-18(15-5-3-4-6-16(15)20)25-14-9-7-13(23-2)8-10-14/h3-10,18H,11,21H2,1-2H3/t18-/m0/s1. The fraction of sp³-hybridized carbons (Fsp3) is 0.211. The smallest absolute Gasteiger partial charge is 0.161 e. The average molecular weight is 419 g/mol. The van der Waals surface area contributed by atoms with Crippen LogP contribution in [0.3, 0.4) is 0 Å². The minimum absolute atomic E-state index is 0.138. The fourth-order valence-electron chi connectivity index (χ4n) is 2.51. The lowest BCUT2D eigenvalue weighted by atomic mass is 10.1. The van der Waals surface area contributed by atoms with Crippen LogP contribution in [0.4, 0.5) is 5.69 Å². The van der Waals surface area contributed by atoms with Crippen molar-refractivity contribution in [2.75, 3.05) is 12.8 Å². The van der Waals surface area contributed by atoms with Crippen LogP contribution in [0, 0.1) is 6.92 Å². The van der Waals surface area contributed by atoms with Gasteiger partial charge in [-0.1, -0.05) is 39.3 Å². The van der Waals surface area contributed by atoms with Gasteiger partial charge in [-0.2, -0.15) is 0 Å². The van der Waals surface area contributed by atoms with Crippen molar-refractivity contribution >= 4 is 33.4 Å². The maximum atomic E-state index is 6.10. The summed E-state index contributed by atoms with van der Waals surface area (Å²) in [6.45, 7) is 1.85. The third-order valence-electron chi connectivity index (χ3n) is 3.94. The molecular weight excluding hydrogens is 400 g/mol. The van der Waals surface area contributed by atoms with E-state index in [1.54, 1.807) is 18.9 Å². The van der Waals surface area contributed by atoms with Gasteiger partial charge in [-0.15, -0.1) is 11.8 Å². The van der Waals surface area contributed by atoms with Gasteiger partial charge in [-0.25, -0.2) is 0 Å². The number of nitrogens with two attached hydrogens (primary N) is 1. The molecule has 0 aliphatic heterocycles. The SMILES string of the molecule is COc1ccc(S[C@@H](Cc2onc(C)c2N)c2ccccc2Br)cc1. The number of aromatic nitrogens is 1. The first-order valence-corrected chi connectivity index (χ1v) is 9.51. The molecule has 2 aromatic carbocycles. The highest BCUT2D eigenvalue weighted by molar-refractivity contribution is 9.10. The molecule has 1 atom stereocenters. The molecule has 1 aromatic heterocycles. The van der Waals surface area contributed by atoms with E-state index in [4.69, 9.17) is 15.0 Å². The molecule has 4 nitrogen and oxygen atoms in total. The van der Waals surface area contributed by atoms with Crippen molar-refractivity contribution in [2.45, 2.75) is 23.5 Å². The second-order valence-corrected chi connectivity index (χ2v) is 7.74. The number of rotatable bonds is 6. The predicted octanol–water partition coefficient (Wildman–Crippen LogP) is 5.41. The number of nitrogens with zero attached hydrogens (tertiary/aromatic N) is 1. The Morgan fingerprint density at radius 2 is 1.92 bits per heavy atom. The summed E-state index contributed by atoms with van der Waals surface area (Å²) in [6, 6.07) is 16.3. The van der Waals surface area contributed by atoms with Gasteiger partial charge in [0.15, 0.2) is 5.76 Å². The van der Waals surface area contributed by atoms with Crippen molar-refractivity contribution < 1.29 is 9.26 Å². The van der Waals surface area contributed by atoms with Crippen LogP contribution in [-0.2, 0) is 6.42 Å². The molecule has 0 aliphatic carbocycles. The van der Waals surface area contributed by atoms with E-state index >= 15 is 0 Å². The molecule has 0 aliphatic rings. The molecule has 0 bridgehead atoms. The second kappa shape index (κ2) is 7.97. The fourth-order valence-corrected chi connectivity index (χ4v) is 4.41. The molecule has 0 saturated carbocycles. The predicted molar refractivity (Wildman–Crippen MR) is 105 cm³/mol.